The van der Waals surface area contributed by atoms with Crippen LogP contribution in [-0.2, 0) is 20.9 Å². The molecule has 0 unspecified atom stereocenters. The monoisotopic (exact) mass is 460 g/mol. The van der Waals surface area contributed by atoms with E-state index >= 15 is 0 Å². The van der Waals surface area contributed by atoms with Crippen molar-refractivity contribution in [2.45, 2.75) is 32.0 Å². The van der Waals surface area contributed by atoms with Crippen LogP contribution in [0.1, 0.15) is 35.2 Å². The van der Waals surface area contributed by atoms with Gasteiger partial charge in [0, 0.05) is 11.1 Å². The number of carbonyl (C=O) groups excluding carboxylic acids is 2. The maximum absolute atomic E-state index is 12.4. The number of fused-ring (bicyclic) bond motifs is 1. The molecule has 33 heavy (non-hydrogen) atoms. The fraction of sp³-hybridized carbons (Fsp3) is 0.391. The largest absolute Gasteiger partial charge is 0.493 e. The van der Waals surface area contributed by atoms with Crippen molar-refractivity contribution < 1.29 is 48.6 Å². The predicted octanol–water partition coefficient (Wildman–Crippen LogP) is 1.72. The summed E-state index contributed by atoms with van der Waals surface area (Å²) in [5.41, 5.74) is 1.32. The SMILES string of the molecule is COC(=O)C1(COc2c(-c3ccc4c(c3)COC4=O)ccc(OC)c2OC(O)(O)O)CCC1. The van der Waals surface area contributed by atoms with E-state index in [0.29, 0.717) is 35.1 Å². The van der Waals surface area contributed by atoms with Gasteiger partial charge in [0.1, 0.15) is 18.6 Å². The minimum atomic E-state index is -3.52. The lowest BCUT2D eigenvalue weighted by atomic mass is 9.69. The molecule has 10 nitrogen and oxygen atoms in total. The minimum Gasteiger partial charge on any atom is -0.493 e. The Labute approximate surface area is 189 Å². The topological polar surface area (TPSA) is 141 Å². The Bertz CT molecular complexity index is 1080. The third kappa shape index (κ3) is 4.32. The van der Waals surface area contributed by atoms with Crippen LogP contribution in [0.5, 0.6) is 17.2 Å². The smallest absolute Gasteiger partial charge is 0.453 e. The van der Waals surface area contributed by atoms with Crippen LogP contribution in [0.3, 0.4) is 0 Å². The van der Waals surface area contributed by atoms with Crippen molar-refractivity contribution in [1.29, 1.82) is 0 Å². The average molecular weight is 460 g/mol. The van der Waals surface area contributed by atoms with Gasteiger partial charge >= 0.3 is 18.1 Å². The summed E-state index contributed by atoms with van der Waals surface area (Å²) < 4.78 is 26.2. The van der Waals surface area contributed by atoms with E-state index in [2.05, 4.69) is 0 Å². The molecule has 0 atom stereocenters. The molecule has 1 aliphatic carbocycles. The van der Waals surface area contributed by atoms with Gasteiger partial charge in [-0.2, -0.15) is 0 Å². The van der Waals surface area contributed by atoms with Crippen molar-refractivity contribution in [3.05, 3.63) is 41.5 Å². The summed E-state index contributed by atoms with van der Waals surface area (Å²) in [5.74, 6) is -1.04. The average Bonchev–Trinajstić information content (AvgIpc) is 3.12. The number of methoxy groups -OCH3 is 2. The summed E-state index contributed by atoms with van der Waals surface area (Å²) in [6.45, 7) is 0.0498. The Morgan fingerprint density at radius 2 is 1.82 bits per heavy atom. The van der Waals surface area contributed by atoms with Crippen molar-refractivity contribution in [3.63, 3.8) is 0 Å². The van der Waals surface area contributed by atoms with Gasteiger partial charge in [-0.25, -0.2) is 4.79 Å². The fourth-order valence-corrected chi connectivity index (χ4v) is 4.05. The molecular formula is C23H24O10. The van der Waals surface area contributed by atoms with E-state index in [1.165, 1.54) is 20.3 Å². The van der Waals surface area contributed by atoms with E-state index in [0.717, 1.165) is 6.42 Å². The van der Waals surface area contributed by atoms with Crippen LogP contribution in [0.4, 0.5) is 0 Å². The highest BCUT2D eigenvalue weighted by molar-refractivity contribution is 5.94. The zero-order chi connectivity index (χ0) is 23.8. The Balaban J connectivity index is 1.80. The summed E-state index contributed by atoms with van der Waals surface area (Å²) in [5, 5.41) is 28.5. The van der Waals surface area contributed by atoms with E-state index in [4.69, 9.17) is 23.7 Å². The molecule has 2 aromatic carbocycles. The van der Waals surface area contributed by atoms with Crippen molar-refractivity contribution in [1.82, 2.24) is 0 Å². The molecule has 2 aromatic rings. The van der Waals surface area contributed by atoms with Crippen LogP contribution in [0.25, 0.3) is 11.1 Å². The molecule has 10 heteroatoms. The second-order valence-corrected chi connectivity index (χ2v) is 8.01. The summed E-state index contributed by atoms with van der Waals surface area (Å²) in [6.07, 6.45) is -1.55. The molecule has 176 valence electrons. The highest BCUT2D eigenvalue weighted by Crippen LogP contribution is 2.48. The number of esters is 2. The van der Waals surface area contributed by atoms with Crippen LogP contribution >= 0.6 is 0 Å². The molecule has 0 bridgehead atoms. The van der Waals surface area contributed by atoms with Gasteiger partial charge in [-0.05, 0) is 42.7 Å². The molecule has 1 fully saturated rings. The molecular weight excluding hydrogens is 436 g/mol. The van der Waals surface area contributed by atoms with Crippen LogP contribution in [0.2, 0.25) is 0 Å². The molecule has 0 radical (unpaired) electrons. The molecule has 0 amide bonds. The fourth-order valence-electron chi connectivity index (χ4n) is 4.05. The second kappa shape index (κ2) is 8.54. The van der Waals surface area contributed by atoms with Gasteiger partial charge in [0.25, 0.3) is 0 Å². The number of hydrogen-bond donors (Lipinski definition) is 3. The Morgan fingerprint density at radius 3 is 2.42 bits per heavy atom. The van der Waals surface area contributed by atoms with Crippen molar-refractivity contribution >= 4 is 11.9 Å². The molecule has 4 rings (SSSR count). The maximum Gasteiger partial charge on any atom is 0.453 e. The van der Waals surface area contributed by atoms with Crippen LogP contribution in [0, 0.1) is 5.41 Å². The first-order chi connectivity index (χ1) is 15.7. The van der Waals surface area contributed by atoms with Gasteiger partial charge in [-0.3, -0.25) is 4.79 Å². The molecule has 1 heterocycles. The Morgan fingerprint density at radius 1 is 1.09 bits per heavy atom. The number of cyclic esters (lactones) is 1. The quantitative estimate of drug-likeness (QED) is 0.394. The van der Waals surface area contributed by atoms with E-state index in [1.807, 2.05) is 0 Å². The number of carbonyl (C=O) groups is 2. The van der Waals surface area contributed by atoms with Gasteiger partial charge in [0.15, 0.2) is 11.5 Å². The number of benzene rings is 2. The highest BCUT2D eigenvalue weighted by atomic mass is 16.9. The van der Waals surface area contributed by atoms with Crippen LogP contribution in [-0.4, -0.2) is 54.2 Å². The third-order valence-corrected chi connectivity index (χ3v) is 5.95. The van der Waals surface area contributed by atoms with E-state index in [-0.39, 0.29) is 30.5 Å². The molecule has 0 saturated heterocycles. The normalized spacial score (nSPS) is 16.3. The summed E-state index contributed by atoms with van der Waals surface area (Å²) >= 11 is 0. The van der Waals surface area contributed by atoms with Gasteiger partial charge in [0.2, 0.25) is 5.75 Å². The van der Waals surface area contributed by atoms with Crippen molar-refractivity contribution in [2.24, 2.45) is 5.41 Å². The summed E-state index contributed by atoms with van der Waals surface area (Å²) in [4.78, 5) is 24.2. The van der Waals surface area contributed by atoms with Crippen LogP contribution < -0.4 is 14.2 Å². The zero-order valence-electron chi connectivity index (χ0n) is 18.1. The van der Waals surface area contributed by atoms with Gasteiger partial charge < -0.3 is 39.0 Å². The van der Waals surface area contributed by atoms with Crippen molar-refractivity contribution in [2.75, 3.05) is 20.8 Å². The number of rotatable bonds is 8. The highest BCUT2D eigenvalue weighted by Gasteiger charge is 2.46. The van der Waals surface area contributed by atoms with Gasteiger partial charge in [-0.1, -0.05) is 12.5 Å². The lowest BCUT2D eigenvalue weighted by Gasteiger charge is -2.38. The molecule has 3 N–H and O–H groups in total. The number of ether oxygens (including phenoxy) is 5. The van der Waals surface area contributed by atoms with Crippen LogP contribution in [0.15, 0.2) is 30.3 Å². The second-order valence-electron chi connectivity index (χ2n) is 8.01. The summed E-state index contributed by atoms with van der Waals surface area (Å²) in [7, 11) is 2.64. The zero-order valence-corrected chi connectivity index (χ0v) is 18.1. The van der Waals surface area contributed by atoms with Gasteiger partial charge in [0.05, 0.1) is 19.8 Å². The van der Waals surface area contributed by atoms with E-state index in [1.54, 1.807) is 24.3 Å². The Hall–Kier alpha value is -3.34. The molecule has 0 spiro atoms. The van der Waals surface area contributed by atoms with E-state index in [9.17, 15) is 24.9 Å². The first-order valence-corrected chi connectivity index (χ1v) is 10.3. The number of aliphatic hydroxyl groups is 3. The lowest BCUT2D eigenvalue weighted by Crippen LogP contribution is -2.44. The van der Waals surface area contributed by atoms with Crippen molar-refractivity contribution in [3.8, 4) is 28.4 Å². The third-order valence-electron chi connectivity index (χ3n) is 5.95. The minimum absolute atomic E-state index is 0.0104. The van der Waals surface area contributed by atoms with E-state index < -0.39 is 23.5 Å². The van der Waals surface area contributed by atoms with Gasteiger partial charge in [-0.15, -0.1) is 0 Å². The molecule has 1 aliphatic heterocycles. The Kier molecular flexibility index (Phi) is 5.91. The first kappa shape index (κ1) is 22.8. The lowest BCUT2D eigenvalue weighted by molar-refractivity contribution is -0.420. The maximum atomic E-state index is 12.4. The molecule has 2 aliphatic rings. The summed E-state index contributed by atoms with van der Waals surface area (Å²) in [6, 6.07) is 8.18. The predicted molar refractivity (Wildman–Crippen MR) is 111 cm³/mol. The molecule has 1 saturated carbocycles. The number of hydrogen-bond acceptors (Lipinski definition) is 10. The molecule has 0 aromatic heterocycles. The standard InChI is InChI=1S/C23H24O10/c1-29-17-7-6-15(13-4-5-16-14(10-13)11-31-20(16)24)18(19(17)33-23(26,27)28)32-12-22(8-3-9-22)21(25)30-2/h4-7,10,26-28H,3,8-9,11-12H2,1-2H3. The first-order valence-electron chi connectivity index (χ1n) is 10.3.